The maximum Gasteiger partial charge on any atom is 0.0697 e. The lowest BCUT2D eigenvalue weighted by Gasteiger charge is -2.41. The van der Waals surface area contributed by atoms with Crippen molar-refractivity contribution < 1.29 is 0 Å². The van der Waals surface area contributed by atoms with Crippen molar-refractivity contribution in [3.63, 3.8) is 0 Å². The molecule has 1 saturated heterocycles. The molecule has 2 aromatic rings. The second kappa shape index (κ2) is 9.84. The molecule has 0 aliphatic carbocycles. The summed E-state index contributed by atoms with van der Waals surface area (Å²) in [6.45, 7) is 19.2. The average Bonchev–Trinajstić information content (AvgIpc) is 3.22. The molecule has 0 saturated carbocycles. The Hall–Kier alpha value is -3.05. The number of benzene rings is 1. The van der Waals surface area contributed by atoms with Gasteiger partial charge >= 0.3 is 0 Å². The van der Waals surface area contributed by atoms with Gasteiger partial charge in [0.05, 0.1) is 29.7 Å². The number of para-hydroxylation sites is 1. The number of nitrogens with zero attached hydrogens (tertiary/aromatic N) is 3. The molecule has 1 aromatic heterocycles. The van der Waals surface area contributed by atoms with E-state index >= 15 is 0 Å². The molecular weight excluding hydrogens is 406 g/mol. The molecule has 5 heteroatoms. The molecule has 0 amide bonds. The van der Waals surface area contributed by atoms with Crippen LogP contribution in [0.2, 0.25) is 0 Å². The Morgan fingerprint density at radius 2 is 2.03 bits per heavy atom. The third-order valence-corrected chi connectivity index (χ3v) is 6.64. The molecule has 1 aromatic carbocycles. The highest BCUT2D eigenvalue weighted by Gasteiger charge is 2.33. The maximum atomic E-state index is 6.42. The standard InChI is InChI=1S/C28H37N5/c1-19(2)16-25(29)21(4)31-26-17-23-11-8-13-27(32-15-9-10-20(32)3)28(23)33(22(26)5)18-24-12-6-7-14-30-24/h6-8,11-14,19,25-26,31H,3-5,9-10,15-18,29H2,1-2H3/t25-,26?/m1/s1. The van der Waals surface area contributed by atoms with Gasteiger partial charge < -0.3 is 20.9 Å². The molecule has 0 radical (unpaired) electrons. The van der Waals surface area contributed by atoms with Gasteiger partial charge in [-0.15, -0.1) is 0 Å². The maximum absolute atomic E-state index is 6.42. The lowest BCUT2D eigenvalue weighted by Crippen LogP contribution is -2.46. The zero-order chi connectivity index (χ0) is 23.5. The quantitative estimate of drug-likeness (QED) is 0.593. The van der Waals surface area contributed by atoms with Gasteiger partial charge in [0.1, 0.15) is 0 Å². The van der Waals surface area contributed by atoms with Crippen molar-refractivity contribution in [3.05, 3.63) is 90.7 Å². The monoisotopic (exact) mass is 443 g/mol. The van der Waals surface area contributed by atoms with Crippen LogP contribution in [0.5, 0.6) is 0 Å². The number of fused-ring (bicyclic) bond motifs is 1. The van der Waals surface area contributed by atoms with Crippen molar-refractivity contribution in [2.45, 2.75) is 58.2 Å². The van der Waals surface area contributed by atoms with Crippen LogP contribution in [0.15, 0.2) is 79.4 Å². The summed E-state index contributed by atoms with van der Waals surface area (Å²) in [5.41, 5.74) is 14.2. The van der Waals surface area contributed by atoms with Gasteiger partial charge in [0.2, 0.25) is 0 Å². The van der Waals surface area contributed by atoms with Gasteiger partial charge in [-0.25, -0.2) is 0 Å². The minimum Gasteiger partial charge on any atom is -0.379 e. The highest BCUT2D eigenvalue weighted by atomic mass is 15.2. The van der Waals surface area contributed by atoms with Crippen LogP contribution < -0.4 is 20.9 Å². The molecule has 3 heterocycles. The summed E-state index contributed by atoms with van der Waals surface area (Å²) < 4.78 is 0. The topological polar surface area (TPSA) is 57.4 Å². The summed E-state index contributed by atoms with van der Waals surface area (Å²) in [6, 6.07) is 12.6. The van der Waals surface area contributed by atoms with Crippen molar-refractivity contribution in [1.82, 2.24) is 10.3 Å². The number of hydrogen-bond donors (Lipinski definition) is 2. The van der Waals surface area contributed by atoms with E-state index in [0.29, 0.717) is 12.5 Å². The van der Waals surface area contributed by atoms with Crippen LogP contribution >= 0.6 is 0 Å². The molecule has 4 rings (SSSR count). The smallest absolute Gasteiger partial charge is 0.0697 e. The van der Waals surface area contributed by atoms with E-state index in [2.05, 4.69) is 78.0 Å². The van der Waals surface area contributed by atoms with Gasteiger partial charge in [-0.1, -0.05) is 51.8 Å². The number of hydrogen-bond acceptors (Lipinski definition) is 5. The van der Waals surface area contributed by atoms with E-state index in [9.17, 15) is 0 Å². The fourth-order valence-corrected chi connectivity index (χ4v) is 4.92. The molecular formula is C28H37N5. The number of aromatic nitrogens is 1. The minimum atomic E-state index is -0.0808. The summed E-state index contributed by atoms with van der Waals surface area (Å²) in [5, 5.41) is 3.62. The van der Waals surface area contributed by atoms with Gasteiger partial charge in [-0.05, 0) is 48.9 Å². The van der Waals surface area contributed by atoms with Crippen LogP contribution in [0.1, 0.15) is 44.4 Å². The van der Waals surface area contributed by atoms with Gasteiger partial charge in [-0.2, -0.15) is 0 Å². The first-order valence-corrected chi connectivity index (χ1v) is 12.0. The largest absolute Gasteiger partial charge is 0.379 e. The molecule has 1 unspecified atom stereocenters. The van der Waals surface area contributed by atoms with E-state index < -0.39 is 0 Å². The summed E-state index contributed by atoms with van der Waals surface area (Å²) in [4.78, 5) is 9.28. The van der Waals surface area contributed by atoms with Crippen molar-refractivity contribution in [1.29, 1.82) is 0 Å². The normalized spacial score (nSPS) is 19.1. The predicted molar refractivity (Wildman–Crippen MR) is 139 cm³/mol. The Kier molecular flexibility index (Phi) is 6.89. The zero-order valence-corrected chi connectivity index (χ0v) is 20.1. The first-order valence-electron chi connectivity index (χ1n) is 12.0. The van der Waals surface area contributed by atoms with E-state index in [1.54, 1.807) is 0 Å². The Balaban J connectivity index is 1.69. The van der Waals surface area contributed by atoms with Crippen LogP contribution in [0.4, 0.5) is 11.4 Å². The van der Waals surface area contributed by atoms with E-state index in [0.717, 1.165) is 49.3 Å². The number of nitrogens with one attached hydrogen (secondary N) is 1. The van der Waals surface area contributed by atoms with Crippen LogP contribution in [-0.4, -0.2) is 23.6 Å². The molecule has 2 aliphatic rings. The van der Waals surface area contributed by atoms with Crippen molar-refractivity contribution in [2.24, 2.45) is 11.7 Å². The predicted octanol–water partition coefficient (Wildman–Crippen LogP) is 5.12. The summed E-state index contributed by atoms with van der Waals surface area (Å²) in [7, 11) is 0. The summed E-state index contributed by atoms with van der Waals surface area (Å²) in [5.74, 6) is 0.519. The fraction of sp³-hybridized carbons (Fsp3) is 0.393. The molecule has 2 aliphatic heterocycles. The van der Waals surface area contributed by atoms with Gasteiger partial charge in [0.15, 0.2) is 0 Å². The number of pyridine rings is 1. The minimum absolute atomic E-state index is 0.0314. The van der Waals surface area contributed by atoms with E-state index in [1.165, 1.54) is 22.6 Å². The second-order valence-electron chi connectivity index (χ2n) is 9.67. The lowest BCUT2D eigenvalue weighted by atomic mass is 9.92. The first kappa shape index (κ1) is 23.1. The molecule has 2 atom stereocenters. The summed E-state index contributed by atoms with van der Waals surface area (Å²) in [6.07, 6.45) is 5.78. The Bertz CT molecular complexity index is 1030. The molecule has 0 bridgehead atoms. The van der Waals surface area contributed by atoms with Crippen molar-refractivity contribution >= 4 is 11.4 Å². The van der Waals surface area contributed by atoms with E-state index in [4.69, 9.17) is 5.73 Å². The van der Waals surface area contributed by atoms with Gasteiger partial charge in [0.25, 0.3) is 0 Å². The van der Waals surface area contributed by atoms with E-state index in [-0.39, 0.29) is 12.1 Å². The van der Waals surface area contributed by atoms with Crippen LogP contribution in [0, 0.1) is 5.92 Å². The fourth-order valence-electron chi connectivity index (χ4n) is 4.92. The lowest BCUT2D eigenvalue weighted by molar-refractivity contribution is 0.491. The average molecular weight is 444 g/mol. The zero-order valence-electron chi connectivity index (χ0n) is 20.1. The number of nitrogens with two attached hydrogens (primary N) is 1. The third kappa shape index (κ3) is 4.98. The number of anilines is 2. The van der Waals surface area contributed by atoms with Crippen LogP contribution in [0.25, 0.3) is 0 Å². The molecule has 3 N–H and O–H groups in total. The number of allylic oxidation sites excluding steroid dienone is 1. The van der Waals surface area contributed by atoms with Crippen LogP contribution in [0.3, 0.4) is 0 Å². The second-order valence-corrected chi connectivity index (χ2v) is 9.67. The van der Waals surface area contributed by atoms with Gasteiger partial charge in [-0.3, -0.25) is 4.98 Å². The molecule has 0 spiro atoms. The first-order chi connectivity index (χ1) is 15.8. The van der Waals surface area contributed by atoms with Crippen molar-refractivity contribution in [2.75, 3.05) is 16.3 Å². The van der Waals surface area contributed by atoms with Gasteiger partial charge in [0, 0.05) is 42.3 Å². The highest BCUT2D eigenvalue weighted by molar-refractivity contribution is 5.80. The molecule has 174 valence electrons. The number of rotatable bonds is 8. The molecule has 5 nitrogen and oxygen atoms in total. The van der Waals surface area contributed by atoms with E-state index in [1.807, 2.05) is 18.3 Å². The summed E-state index contributed by atoms with van der Waals surface area (Å²) >= 11 is 0. The SMILES string of the molecule is C=C(NC1Cc2cccc(N3CCCC3=C)c2N(Cc2ccccn2)C1=C)[C@H](N)CC(C)C. The highest BCUT2D eigenvalue weighted by Crippen LogP contribution is 2.43. The third-order valence-electron chi connectivity index (χ3n) is 6.64. The Morgan fingerprint density at radius 1 is 1.21 bits per heavy atom. The molecule has 1 fully saturated rings. The molecule has 33 heavy (non-hydrogen) atoms. The van der Waals surface area contributed by atoms with Crippen molar-refractivity contribution in [3.8, 4) is 0 Å². The van der Waals surface area contributed by atoms with Crippen LogP contribution in [-0.2, 0) is 13.0 Å². The Morgan fingerprint density at radius 3 is 2.70 bits per heavy atom. The Labute approximate surface area is 198 Å².